The van der Waals surface area contributed by atoms with Crippen LogP contribution in [0.4, 0.5) is 0 Å². The Morgan fingerprint density at radius 3 is 2.50 bits per heavy atom. The van der Waals surface area contributed by atoms with Gasteiger partial charge in [-0.1, -0.05) is 13.8 Å². The van der Waals surface area contributed by atoms with Crippen molar-refractivity contribution in [2.75, 3.05) is 11.5 Å². The Balaban J connectivity index is 1.68. The molecule has 0 bridgehead atoms. The lowest BCUT2D eigenvalue weighted by Crippen LogP contribution is -2.31. The van der Waals surface area contributed by atoms with Crippen molar-refractivity contribution < 1.29 is 17.9 Å². The largest absolute Gasteiger partial charge is 0.488 e. The number of carbonyl (C=O) groups excluding carboxylic acids is 1. The molecule has 0 radical (unpaired) electrons. The zero-order chi connectivity index (χ0) is 18.5. The Kier molecular flexibility index (Phi) is 4.29. The number of ketones is 1. The number of pyridine rings is 1. The monoisotopic (exact) mass is 376 g/mol. The first-order valence-electron chi connectivity index (χ1n) is 9.27. The lowest BCUT2D eigenvalue weighted by Gasteiger charge is -2.24. The average Bonchev–Trinajstić information content (AvgIpc) is 3.34. The van der Waals surface area contributed by atoms with Gasteiger partial charge in [0.1, 0.15) is 11.9 Å². The van der Waals surface area contributed by atoms with E-state index in [1.165, 1.54) is 0 Å². The number of hydrogen-bond acceptors (Lipinski definition) is 5. The molecule has 1 aliphatic carbocycles. The smallest absolute Gasteiger partial charge is 0.169 e. The van der Waals surface area contributed by atoms with Gasteiger partial charge in [0.2, 0.25) is 0 Å². The molecule has 26 heavy (non-hydrogen) atoms. The summed E-state index contributed by atoms with van der Waals surface area (Å²) in [5.74, 6) is 1.56. The number of aromatic nitrogens is 2. The van der Waals surface area contributed by atoms with Crippen molar-refractivity contribution in [1.82, 2.24) is 9.61 Å². The summed E-state index contributed by atoms with van der Waals surface area (Å²) in [6, 6.07) is 3.81. The second-order valence-electron chi connectivity index (χ2n) is 7.70. The molecule has 2 aliphatic rings. The summed E-state index contributed by atoms with van der Waals surface area (Å²) in [6.45, 7) is 3.78. The van der Waals surface area contributed by atoms with Gasteiger partial charge in [-0.3, -0.25) is 4.79 Å². The molecule has 1 aliphatic heterocycles. The Hall–Kier alpha value is -1.89. The highest BCUT2D eigenvalue weighted by Crippen LogP contribution is 2.45. The van der Waals surface area contributed by atoms with Crippen molar-refractivity contribution in [2.24, 2.45) is 5.92 Å². The van der Waals surface area contributed by atoms with Crippen LogP contribution in [0, 0.1) is 5.92 Å². The van der Waals surface area contributed by atoms with Crippen LogP contribution < -0.4 is 4.74 Å². The van der Waals surface area contributed by atoms with Crippen LogP contribution in [0.2, 0.25) is 0 Å². The number of rotatable bonds is 5. The SMILES string of the molecule is CC(C)C(=O)c1cnn2c(C3CC3)c(OC3CCS(=O)(=O)CC3)ccc12. The Morgan fingerprint density at radius 2 is 1.88 bits per heavy atom. The van der Waals surface area contributed by atoms with Crippen LogP contribution in [0.3, 0.4) is 0 Å². The standard InChI is InChI=1S/C19H24N2O4S/c1-12(2)19(22)15-11-20-21-16(15)5-6-17(18(21)13-3-4-13)25-14-7-9-26(23,24)10-8-14/h5-6,11-14H,3-4,7-10H2,1-2H3. The lowest BCUT2D eigenvalue weighted by atomic mass is 10.0. The molecule has 0 spiro atoms. The Bertz CT molecular complexity index is 943. The maximum atomic E-state index is 12.4. The van der Waals surface area contributed by atoms with Crippen molar-refractivity contribution in [1.29, 1.82) is 0 Å². The molecular formula is C19H24N2O4S. The van der Waals surface area contributed by atoms with Gasteiger partial charge in [0.15, 0.2) is 15.6 Å². The first-order valence-corrected chi connectivity index (χ1v) is 11.1. The number of hydrogen-bond donors (Lipinski definition) is 0. The van der Waals surface area contributed by atoms with Crippen LogP contribution in [0.25, 0.3) is 5.52 Å². The summed E-state index contributed by atoms with van der Waals surface area (Å²) in [5, 5.41) is 4.48. The van der Waals surface area contributed by atoms with E-state index in [0.29, 0.717) is 24.3 Å². The van der Waals surface area contributed by atoms with E-state index in [4.69, 9.17) is 4.74 Å². The fourth-order valence-electron chi connectivity index (χ4n) is 3.55. The van der Waals surface area contributed by atoms with E-state index in [9.17, 15) is 13.2 Å². The van der Waals surface area contributed by atoms with Gasteiger partial charge in [-0.25, -0.2) is 12.9 Å². The fourth-order valence-corrected chi connectivity index (χ4v) is 5.00. The number of carbonyl (C=O) groups is 1. The number of sulfone groups is 1. The predicted molar refractivity (Wildman–Crippen MR) is 98.6 cm³/mol. The molecule has 140 valence electrons. The topological polar surface area (TPSA) is 77.7 Å². The predicted octanol–water partition coefficient (Wildman–Crippen LogP) is 3.01. The minimum Gasteiger partial charge on any atom is -0.488 e. The van der Waals surface area contributed by atoms with Gasteiger partial charge in [0.05, 0.1) is 34.5 Å². The third-order valence-electron chi connectivity index (χ3n) is 5.23. The number of ether oxygens (including phenoxy) is 1. The summed E-state index contributed by atoms with van der Waals surface area (Å²) in [6.07, 6.45) is 4.80. The molecule has 1 saturated heterocycles. The van der Waals surface area contributed by atoms with Crippen molar-refractivity contribution in [3.05, 3.63) is 29.6 Å². The van der Waals surface area contributed by atoms with Crippen LogP contribution in [-0.4, -0.2) is 41.4 Å². The molecule has 4 rings (SSSR count). The van der Waals surface area contributed by atoms with E-state index in [-0.39, 0.29) is 29.3 Å². The van der Waals surface area contributed by atoms with Crippen LogP contribution in [0.5, 0.6) is 5.75 Å². The van der Waals surface area contributed by atoms with E-state index in [2.05, 4.69) is 5.10 Å². The van der Waals surface area contributed by atoms with Gasteiger partial charge in [-0.2, -0.15) is 5.10 Å². The number of Topliss-reactive ketones (excluding diaryl/α,β-unsaturated/α-hetero) is 1. The van der Waals surface area contributed by atoms with E-state index in [1.54, 1.807) is 6.20 Å². The van der Waals surface area contributed by atoms with Crippen molar-refractivity contribution in [3.8, 4) is 5.75 Å². The highest BCUT2D eigenvalue weighted by molar-refractivity contribution is 7.91. The van der Waals surface area contributed by atoms with Gasteiger partial charge in [0, 0.05) is 11.8 Å². The van der Waals surface area contributed by atoms with E-state index in [0.717, 1.165) is 29.8 Å². The molecule has 6 nitrogen and oxygen atoms in total. The summed E-state index contributed by atoms with van der Waals surface area (Å²) < 4.78 is 31.3. The minimum absolute atomic E-state index is 0.0764. The number of fused-ring (bicyclic) bond motifs is 1. The molecule has 3 heterocycles. The molecule has 0 amide bonds. The fraction of sp³-hybridized carbons (Fsp3) is 0.579. The van der Waals surface area contributed by atoms with E-state index >= 15 is 0 Å². The molecular weight excluding hydrogens is 352 g/mol. The van der Waals surface area contributed by atoms with Crippen LogP contribution in [0.1, 0.15) is 61.5 Å². The summed E-state index contributed by atoms with van der Waals surface area (Å²) >= 11 is 0. The summed E-state index contributed by atoms with van der Waals surface area (Å²) in [4.78, 5) is 12.4. The van der Waals surface area contributed by atoms with Crippen molar-refractivity contribution in [2.45, 2.75) is 51.6 Å². The highest BCUT2D eigenvalue weighted by Gasteiger charge is 2.33. The number of nitrogens with zero attached hydrogens (tertiary/aromatic N) is 2. The molecule has 7 heteroatoms. The van der Waals surface area contributed by atoms with Crippen LogP contribution in [-0.2, 0) is 9.84 Å². The minimum atomic E-state index is -2.91. The molecule has 0 atom stereocenters. The first-order chi connectivity index (χ1) is 12.4. The second-order valence-corrected chi connectivity index (χ2v) is 10.0. The maximum absolute atomic E-state index is 12.4. The molecule has 2 aromatic rings. The molecule has 0 unspecified atom stereocenters. The van der Waals surface area contributed by atoms with E-state index < -0.39 is 9.84 Å². The van der Waals surface area contributed by atoms with Gasteiger partial charge in [0.25, 0.3) is 0 Å². The zero-order valence-corrected chi connectivity index (χ0v) is 16.0. The lowest BCUT2D eigenvalue weighted by molar-refractivity contribution is 0.0941. The third kappa shape index (κ3) is 3.24. The summed E-state index contributed by atoms with van der Waals surface area (Å²) in [7, 11) is -2.91. The normalized spacial score (nSPS) is 20.6. The maximum Gasteiger partial charge on any atom is 0.169 e. The van der Waals surface area contributed by atoms with Crippen molar-refractivity contribution >= 4 is 21.1 Å². The zero-order valence-electron chi connectivity index (χ0n) is 15.1. The Morgan fingerprint density at radius 1 is 1.19 bits per heavy atom. The third-order valence-corrected chi connectivity index (χ3v) is 6.94. The summed E-state index contributed by atoms with van der Waals surface area (Å²) in [5.41, 5.74) is 2.49. The highest BCUT2D eigenvalue weighted by atomic mass is 32.2. The van der Waals surface area contributed by atoms with Crippen LogP contribution in [0.15, 0.2) is 18.3 Å². The van der Waals surface area contributed by atoms with Crippen LogP contribution >= 0.6 is 0 Å². The molecule has 0 N–H and O–H groups in total. The molecule has 1 saturated carbocycles. The van der Waals surface area contributed by atoms with Gasteiger partial charge in [-0.15, -0.1) is 0 Å². The van der Waals surface area contributed by atoms with Crippen molar-refractivity contribution in [3.63, 3.8) is 0 Å². The Labute approximate surface area is 153 Å². The molecule has 2 aromatic heterocycles. The van der Waals surface area contributed by atoms with Gasteiger partial charge >= 0.3 is 0 Å². The van der Waals surface area contributed by atoms with Gasteiger partial charge in [-0.05, 0) is 37.8 Å². The first kappa shape index (κ1) is 17.5. The quantitative estimate of drug-likeness (QED) is 0.750. The average molecular weight is 376 g/mol. The van der Waals surface area contributed by atoms with Gasteiger partial charge < -0.3 is 4.74 Å². The second kappa shape index (κ2) is 6.37. The molecule has 2 fully saturated rings. The van der Waals surface area contributed by atoms with E-state index in [1.807, 2.05) is 30.5 Å². The molecule has 0 aromatic carbocycles.